The molecule has 18 nitrogen and oxygen atoms in total. The monoisotopic (exact) mass is 869 g/mol. The van der Waals surface area contributed by atoms with Crippen LogP contribution >= 0.6 is 0 Å². The normalized spacial score (nSPS) is 43.2. The molecule has 352 valence electrons. The molecule has 4 rings (SSSR count). The van der Waals surface area contributed by atoms with E-state index in [1.165, 1.54) is 13.8 Å². The third-order valence-corrected chi connectivity index (χ3v) is 12.9. The van der Waals surface area contributed by atoms with Crippen LogP contribution in [0.1, 0.15) is 125 Å². The zero-order chi connectivity index (χ0) is 44.3. The van der Waals surface area contributed by atoms with Crippen molar-refractivity contribution in [3.8, 4) is 0 Å². The Morgan fingerprint density at radius 3 is 1.67 bits per heavy atom. The number of ether oxygens (including phenoxy) is 7. The second-order valence-corrected chi connectivity index (χ2v) is 17.6. The second kappa shape index (κ2) is 24.8. The van der Waals surface area contributed by atoms with Crippen LogP contribution in [0.4, 0.5) is 0 Å². The molecule has 3 heterocycles. The number of rotatable bonds is 23. The van der Waals surface area contributed by atoms with E-state index in [4.69, 9.17) is 38.3 Å². The summed E-state index contributed by atoms with van der Waals surface area (Å²) in [6, 6.07) is 0. The fourth-order valence-electron chi connectivity index (χ4n) is 8.81. The Morgan fingerprint density at radius 1 is 0.567 bits per heavy atom. The number of aliphatic hydroxyl groups excluding tert-OH is 9. The van der Waals surface area contributed by atoms with Gasteiger partial charge in [0.15, 0.2) is 18.9 Å². The van der Waals surface area contributed by atoms with Crippen molar-refractivity contribution >= 4 is 5.97 Å². The lowest BCUT2D eigenvalue weighted by Gasteiger charge is -2.50. The minimum Gasteiger partial charge on any atom is -0.481 e. The van der Waals surface area contributed by atoms with Gasteiger partial charge in [-0.25, -0.2) is 0 Å². The van der Waals surface area contributed by atoms with E-state index in [-0.39, 0.29) is 25.6 Å². The van der Waals surface area contributed by atoms with Gasteiger partial charge in [-0.1, -0.05) is 71.6 Å². The lowest BCUT2D eigenvalue weighted by molar-refractivity contribution is -0.369. The first-order chi connectivity index (χ1) is 28.5. The quantitative estimate of drug-likeness (QED) is 0.0637. The zero-order valence-corrected chi connectivity index (χ0v) is 36.0. The molecule has 0 amide bonds. The lowest BCUT2D eigenvalue weighted by Crippen LogP contribution is -2.65. The van der Waals surface area contributed by atoms with Gasteiger partial charge in [0.1, 0.15) is 61.0 Å². The number of hydrogen-bond donors (Lipinski definition) is 10. The van der Waals surface area contributed by atoms with Crippen LogP contribution in [0.3, 0.4) is 0 Å². The fourth-order valence-corrected chi connectivity index (χ4v) is 8.81. The van der Waals surface area contributed by atoms with Gasteiger partial charge < -0.3 is 84.2 Å². The van der Waals surface area contributed by atoms with Crippen LogP contribution in [-0.4, -0.2) is 180 Å². The molecule has 10 N–H and O–H groups in total. The van der Waals surface area contributed by atoms with Gasteiger partial charge in [0.2, 0.25) is 0 Å². The molecule has 21 unspecified atom stereocenters. The van der Waals surface area contributed by atoms with E-state index in [1.807, 2.05) is 0 Å². The molecule has 0 bridgehead atoms. The maximum atomic E-state index is 11.6. The second-order valence-electron chi connectivity index (χ2n) is 17.6. The van der Waals surface area contributed by atoms with E-state index < -0.39 is 128 Å². The SMILES string of the molecule is CCCCCC(CCCCCCCCCC(=O)O)OC1OC(C)C(O)C(O)C1OC1CC(CO)C(C)C(O)C1OC1OC(C)C(OC2OC(C)C(O)C(O)C2O)C(O)C1O. The van der Waals surface area contributed by atoms with Crippen LogP contribution in [-0.2, 0) is 38.0 Å². The van der Waals surface area contributed by atoms with Crippen LogP contribution in [0.15, 0.2) is 0 Å². The number of carbonyl (C=O) groups is 1. The summed E-state index contributed by atoms with van der Waals surface area (Å²) in [4.78, 5) is 10.8. The average molecular weight is 869 g/mol. The van der Waals surface area contributed by atoms with E-state index in [1.54, 1.807) is 13.8 Å². The molecule has 18 heteroatoms. The Balaban J connectivity index is 1.46. The summed E-state index contributed by atoms with van der Waals surface area (Å²) in [5.74, 6) is -1.76. The fraction of sp³-hybridized carbons (Fsp3) is 0.976. The van der Waals surface area contributed by atoms with E-state index in [9.17, 15) is 50.8 Å². The minimum atomic E-state index is -1.76. The molecular formula is C42H76O18. The molecule has 3 aliphatic heterocycles. The molecule has 0 aromatic carbocycles. The van der Waals surface area contributed by atoms with Gasteiger partial charge in [0.05, 0.1) is 36.6 Å². The van der Waals surface area contributed by atoms with Gasteiger partial charge in [-0.15, -0.1) is 0 Å². The molecule has 0 aromatic heterocycles. The van der Waals surface area contributed by atoms with Crippen LogP contribution in [0.5, 0.6) is 0 Å². The number of hydrogen-bond acceptors (Lipinski definition) is 17. The minimum absolute atomic E-state index is 0.132. The first kappa shape index (κ1) is 51.5. The molecular weight excluding hydrogens is 792 g/mol. The lowest BCUT2D eigenvalue weighted by atomic mass is 9.75. The maximum Gasteiger partial charge on any atom is 0.303 e. The number of aliphatic carboxylic acids is 1. The van der Waals surface area contributed by atoms with Crippen molar-refractivity contribution in [2.24, 2.45) is 11.8 Å². The summed E-state index contributed by atoms with van der Waals surface area (Å²) in [6.07, 6.45) is -13.1. The average Bonchev–Trinajstić information content (AvgIpc) is 3.21. The van der Waals surface area contributed by atoms with Crippen LogP contribution in [0, 0.1) is 11.8 Å². The molecule has 4 fully saturated rings. The highest BCUT2D eigenvalue weighted by Crippen LogP contribution is 2.39. The third-order valence-electron chi connectivity index (χ3n) is 12.9. The van der Waals surface area contributed by atoms with Gasteiger partial charge >= 0.3 is 5.97 Å². The number of carboxylic acids is 1. The van der Waals surface area contributed by atoms with E-state index >= 15 is 0 Å². The van der Waals surface area contributed by atoms with Crippen molar-refractivity contribution in [2.45, 2.75) is 241 Å². The summed E-state index contributed by atoms with van der Waals surface area (Å²) >= 11 is 0. The summed E-state index contributed by atoms with van der Waals surface area (Å²) in [7, 11) is 0. The molecule has 1 saturated carbocycles. The first-order valence-electron chi connectivity index (χ1n) is 22.4. The van der Waals surface area contributed by atoms with Crippen molar-refractivity contribution in [2.75, 3.05) is 6.61 Å². The van der Waals surface area contributed by atoms with E-state index in [0.717, 1.165) is 70.6 Å². The Bertz CT molecular complexity index is 1230. The molecule has 3 saturated heterocycles. The number of aliphatic hydroxyl groups is 9. The van der Waals surface area contributed by atoms with Crippen LogP contribution < -0.4 is 0 Å². The molecule has 60 heavy (non-hydrogen) atoms. The van der Waals surface area contributed by atoms with E-state index in [0.29, 0.717) is 6.42 Å². The third kappa shape index (κ3) is 13.7. The molecule has 0 aromatic rings. The van der Waals surface area contributed by atoms with Crippen LogP contribution in [0.2, 0.25) is 0 Å². The van der Waals surface area contributed by atoms with Gasteiger partial charge in [0.25, 0.3) is 0 Å². The molecule has 4 aliphatic rings. The van der Waals surface area contributed by atoms with Gasteiger partial charge in [-0.3, -0.25) is 4.79 Å². The molecule has 0 radical (unpaired) electrons. The zero-order valence-electron chi connectivity index (χ0n) is 36.0. The maximum absolute atomic E-state index is 11.6. The highest BCUT2D eigenvalue weighted by atomic mass is 16.8. The Hall–Kier alpha value is -1.17. The summed E-state index contributed by atoms with van der Waals surface area (Å²) in [6.45, 7) is 8.17. The van der Waals surface area contributed by atoms with Crippen molar-refractivity contribution in [1.29, 1.82) is 0 Å². The Morgan fingerprint density at radius 2 is 1.07 bits per heavy atom. The van der Waals surface area contributed by atoms with E-state index in [2.05, 4.69) is 6.92 Å². The highest BCUT2D eigenvalue weighted by molar-refractivity contribution is 5.66. The topological polar surface area (TPSA) is 284 Å². The summed E-state index contributed by atoms with van der Waals surface area (Å²) in [5, 5.41) is 107. The first-order valence-corrected chi connectivity index (χ1v) is 22.4. The van der Waals surface area contributed by atoms with Crippen molar-refractivity contribution in [3.05, 3.63) is 0 Å². The van der Waals surface area contributed by atoms with Crippen molar-refractivity contribution in [1.82, 2.24) is 0 Å². The number of carboxylic acid groups (broad SMARTS) is 1. The molecule has 0 spiro atoms. The smallest absolute Gasteiger partial charge is 0.303 e. The Labute approximate surface area is 354 Å². The van der Waals surface area contributed by atoms with Gasteiger partial charge in [-0.05, 0) is 58.3 Å². The van der Waals surface area contributed by atoms with Crippen molar-refractivity contribution < 1.29 is 89.0 Å². The predicted molar refractivity (Wildman–Crippen MR) is 212 cm³/mol. The molecule has 21 atom stereocenters. The summed E-state index contributed by atoms with van der Waals surface area (Å²) in [5.41, 5.74) is 0. The number of unbranched alkanes of at least 4 members (excludes halogenated alkanes) is 8. The van der Waals surface area contributed by atoms with Gasteiger partial charge in [-0.2, -0.15) is 0 Å². The molecule has 1 aliphatic carbocycles. The van der Waals surface area contributed by atoms with Crippen LogP contribution in [0.25, 0.3) is 0 Å². The van der Waals surface area contributed by atoms with Gasteiger partial charge in [0, 0.05) is 13.0 Å². The highest BCUT2D eigenvalue weighted by Gasteiger charge is 2.54. The van der Waals surface area contributed by atoms with Crippen molar-refractivity contribution in [3.63, 3.8) is 0 Å². The largest absolute Gasteiger partial charge is 0.481 e. The Kier molecular flexibility index (Phi) is 21.2. The predicted octanol–water partition coefficient (Wildman–Crippen LogP) is 0.842. The standard InChI is InChI=1S/C42H76O18/c1-6-7-13-16-26(17-14-11-9-8-10-12-15-18-28(44)45)57-42-39(33(50)31(48)23(4)55-42)58-27-19-25(20-43)21(2)29(46)38(27)60-41-36(53)34(51)37(24(5)56-41)59-40-35(52)32(49)30(47)22(3)54-40/h21-27,29-43,46-53H,6-20H2,1-5H3,(H,44,45). The summed E-state index contributed by atoms with van der Waals surface area (Å²) < 4.78 is 42.9.